The van der Waals surface area contributed by atoms with Gasteiger partial charge >= 0.3 is 0 Å². The maximum atomic E-state index is 13.4. The van der Waals surface area contributed by atoms with Gasteiger partial charge in [0.15, 0.2) is 11.5 Å². The fourth-order valence-electron chi connectivity index (χ4n) is 3.04. The molecule has 26 heavy (non-hydrogen) atoms. The topological polar surface area (TPSA) is 77.1 Å². The molecule has 0 unspecified atom stereocenters. The lowest BCUT2D eigenvalue weighted by Gasteiger charge is -2.34. The number of hydrogen-bond acceptors (Lipinski definition) is 5. The van der Waals surface area contributed by atoms with Gasteiger partial charge in [-0.1, -0.05) is 0 Å². The predicted molar refractivity (Wildman–Crippen MR) is 98.0 cm³/mol. The first-order valence-electron chi connectivity index (χ1n) is 8.45. The summed E-state index contributed by atoms with van der Waals surface area (Å²) in [6.07, 6.45) is 1.10. The molecular formula is C18H19FN6O. The molecule has 4 rings (SSSR count). The van der Waals surface area contributed by atoms with Crippen LogP contribution in [0.2, 0.25) is 0 Å². The Labute approximate surface area is 149 Å². The number of likely N-dealkylation sites (N-methyl/N-ethyl adjacent to an activating group) is 1. The van der Waals surface area contributed by atoms with Crippen LogP contribution in [-0.4, -0.2) is 59.2 Å². The first kappa shape index (κ1) is 16.5. The van der Waals surface area contributed by atoms with E-state index in [9.17, 15) is 9.18 Å². The minimum Gasteiger partial charge on any atom is -0.369 e. The smallest absolute Gasteiger partial charge is 0.256 e. The van der Waals surface area contributed by atoms with Crippen molar-refractivity contribution in [2.24, 2.45) is 0 Å². The van der Waals surface area contributed by atoms with E-state index in [0.717, 1.165) is 38.1 Å². The van der Waals surface area contributed by atoms with Gasteiger partial charge in [0, 0.05) is 37.4 Å². The summed E-state index contributed by atoms with van der Waals surface area (Å²) < 4.78 is 13.4. The quantitative estimate of drug-likeness (QED) is 0.753. The molecule has 0 spiro atoms. The average Bonchev–Trinajstić information content (AvgIpc) is 3.04. The number of hydrogen-bond donors (Lipinski definition) is 2. The van der Waals surface area contributed by atoms with Crippen molar-refractivity contribution in [2.45, 2.75) is 0 Å². The highest BCUT2D eigenvalue weighted by Gasteiger charge is 2.16. The predicted octanol–water partition coefficient (Wildman–Crippen LogP) is 2.10. The second kappa shape index (κ2) is 6.72. The highest BCUT2D eigenvalue weighted by atomic mass is 19.1. The van der Waals surface area contributed by atoms with E-state index in [-0.39, 0.29) is 11.7 Å². The van der Waals surface area contributed by atoms with Crippen LogP contribution in [0.1, 0.15) is 10.4 Å². The van der Waals surface area contributed by atoms with E-state index in [4.69, 9.17) is 0 Å². The molecule has 2 N–H and O–H groups in total. The largest absolute Gasteiger partial charge is 0.369 e. The standard InChI is InChI=1S/C18H19FN6O/c1-24-6-8-25(9-7-24)14-4-2-12(3-5-14)18(26)21-17-15-10-13(19)11-20-16(15)22-23-17/h2-5,10-11H,6-9H2,1H3,(H2,20,21,22,23,26). The van der Waals surface area contributed by atoms with Crippen molar-refractivity contribution in [1.82, 2.24) is 20.1 Å². The number of aromatic nitrogens is 3. The second-order valence-corrected chi connectivity index (χ2v) is 6.41. The number of H-pyrrole nitrogens is 1. The normalized spacial score (nSPS) is 15.4. The summed E-state index contributed by atoms with van der Waals surface area (Å²) in [5.41, 5.74) is 2.04. The maximum absolute atomic E-state index is 13.4. The highest BCUT2D eigenvalue weighted by molar-refractivity contribution is 6.07. The monoisotopic (exact) mass is 354 g/mol. The van der Waals surface area contributed by atoms with Gasteiger partial charge in [0.25, 0.3) is 5.91 Å². The number of halogens is 1. The minimum absolute atomic E-state index is 0.264. The number of nitrogens with one attached hydrogen (secondary N) is 2. The first-order valence-corrected chi connectivity index (χ1v) is 8.45. The Morgan fingerprint density at radius 1 is 1.19 bits per heavy atom. The van der Waals surface area contributed by atoms with Crippen LogP contribution in [0.25, 0.3) is 11.0 Å². The Morgan fingerprint density at radius 2 is 1.92 bits per heavy atom. The van der Waals surface area contributed by atoms with E-state index >= 15 is 0 Å². The van der Waals surface area contributed by atoms with Gasteiger partial charge in [0.2, 0.25) is 0 Å². The van der Waals surface area contributed by atoms with Crippen LogP contribution in [0.5, 0.6) is 0 Å². The number of piperazine rings is 1. The van der Waals surface area contributed by atoms with Gasteiger partial charge < -0.3 is 15.1 Å². The zero-order valence-corrected chi connectivity index (χ0v) is 14.4. The Balaban J connectivity index is 1.48. The SMILES string of the molecule is CN1CCN(c2ccc(C(=O)Nc3n[nH]c4ncc(F)cc34)cc2)CC1. The average molecular weight is 354 g/mol. The molecule has 3 aromatic rings. The summed E-state index contributed by atoms with van der Waals surface area (Å²) in [6, 6.07) is 8.76. The molecule has 1 amide bonds. The third-order valence-electron chi connectivity index (χ3n) is 4.61. The molecule has 2 aromatic heterocycles. The van der Waals surface area contributed by atoms with Gasteiger partial charge in [0.1, 0.15) is 5.82 Å². The number of anilines is 2. The van der Waals surface area contributed by atoms with Crippen LogP contribution in [0.4, 0.5) is 15.9 Å². The summed E-state index contributed by atoms with van der Waals surface area (Å²) in [5.74, 6) is -0.515. The molecule has 0 aliphatic carbocycles. The van der Waals surface area contributed by atoms with E-state index in [1.807, 2.05) is 12.1 Å². The van der Waals surface area contributed by atoms with Crippen molar-refractivity contribution in [2.75, 3.05) is 43.4 Å². The lowest BCUT2D eigenvalue weighted by Crippen LogP contribution is -2.44. The molecule has 7 nitrogen and oxygen atoms in total. The lowest BCUT2D eigenvalue weighted by molar-refractivity contribution is 0.102. The van der Waals surface area contributed by atoms with Gasteiger partial charge in [0.05, 0.1) is 11.6 Å². The summed E-state index contributed by atoms with van der Waals surface area (Å²) in [4.78, 5) is 21.0. The Morgan fingerprint density at radius 3 is 2.65 bits per heavy atom. The zero-order chi connectivity index (χ0) is 18.1. The number of fused-ring (bicyclic) bond motifs is 1. The highest BCUT2D eigenvalue weighted by Crippen LogP contribution is 2.21. The molecule has 0 saturated carbocycles. The van der Waals surface area contributed by atoms with Gasteiger partial charge in [-0.2, -0.15) is 5.10 Å². The molecule has 1 aromatic carbocycles. The summed E-state index contributed by atoms with van der Waals surface area (Å²) in [5, 5.41) is 9.82. The van der Waals surface area contributed by atoms with Crippen molar-refractivity contribution < 1.29 is 9.18 Å². The third-order valence-corrected chi connectivity index (χ3v) is 4.61. The van der Waals surface area contributed by atoms with Crippen molar-refractivity contribution >= 4 is 28.4 Å². The number of benzene rings is 1. The van der Waals surface area contributed by atoms with E-state index < -0.39 is 5.82 Å². The van der Waals surface area contributed by atoms with Crippen molar-refractivity contribution in [3.63, 3.8) is 0 Å². The molecule has 1 fully saturated rings. The molecule has 134 valence electrons. The first-order chi connectivity index (χ1) is 12.6. The number of aromatic amines is 1. The number of pyridine rings is 1. The summed E-state index contributed by atoms with van der Waals surface area (Å²) in [7, 11) is 2.12. The Kier molecular flexibility index (Phi) is 4.26. The van der Waals surface area contributed by atoms with Gasteiger partial charge in [-0.25, -0.2) is 9.37 Å². The van der Waals surface area contributed by atoms with Crippen LogP contribution >= 0.6 is 0 Å². The zero-order valence-electron chi connectivity index (χ0n) is 14.4. The molecule has 3 heterocycles. The van der Waals surface area contributed by atoms with Crippen molar-refractivity contribution in [1.29, 1.82) is 0 Å². The third kappa shape index (κ3) is 3.23. The van der Waals surface area contributed by atoms with Crippen molar-refractivity contribution in [3.8, 4) is 0 Å². The van der Waals surface area contributed by atoms with Gasteiger partial charge in [-0.3, -0.25) is 9.89 Å². The van der Waals surface area contributed by atoms with E-state index in [1.165, 1.54) is 6.07 Å². The molecular weight excluding hydrogens is 335 g/mol. The molecule has 1 aliphatic heterocycles. The Hall–Kier alpha value is -3.00. The molecule has 0 atom stereocenters. The maximum Gasteiger partial charge on any atom is 0.256 e. The van der Waals surface area contributed by atoms with E-state index in [2.05, 4.69) is 37.3 Å². The van der Waals surface area contributed by atoms with Gasteiger partial charge in [-0.15, -0.1) is 0 Å². The molecule has 8 heteroatoms. The number of nitrogens with zero attached hydrogens (tertiary/aromatic N) is 4. The minimum atomic E-state index is -0.481. The fourth-order valence-corrected chi connectivity index (χ4v) is 3.04. The molecule has 0 radical (unpaired) electrons. The summed E-state index contributed by atoms with van der Waals surface area (Å²) in [6.45, 7) is 4.00. The van der Waals surface area contributed by atoms with Crippen LogP contribution < -0.4 is 10.2 Å². The molecule has 1 aliphatic rings. The number of carbonyl (C=O) groups is 1. The van der Waals surface area contributed by atoms with Gasteiger partial charge in [-0.05, 0) is 37.4 Å². The van der Waals surface area contributed by atoms with Crippen LogP contribution in [0.15, 0.2) is 36.5 Å². The van der Waals surface area contributed by atoms with Crippen LogP contribution in [0, 0.1) is 5.82 Å². The second-order valence-electron chi connectivity index (χ2n) is 6.41. The summed E-state index contributed by atoms with van der Waals surface area (Å²) >= 11 is 0. The number of rotatable bonds is 3. The van der Waals surface area contributed by atoms with Crippen LogP contribution in [0.3, 0.4) is 0 Å². The van der Waals surface area contributed by atoms with E-state index in [0.29, 0.717) is 16.6 Å². The fraction of sp³-hybridized carbons (Fsp3) is 0.278. The Bertz CT molecular complexity index is 931. The molecule has 1 saturated heterocycles. The number of carbonyl (C=O) groups excluding carboxylic acids is 1. The van der Waals surface area contributed by atoms with Crippen molar-refractivity contribution in [3.05, 3.63) is 47.9 Å². The molecule has 0 bridgehead atoms. The van der Waals surface area contributed by atoms with E-state index in [1.54, 1.807) is 12.1 Å². The van der Waals surface area contributed by atoms with Crippen LogP contribution in [-0.2, 0) is 0 Å². The number of amides is 1. The lowest BCUT2D eigenvalue weighted by atomic mass is 10.1.